The molecule has 5 nitrogen and oxygen atoms in total. The molecule has 0 bridgehead atoms. The fourth-order valence-electron chi connectivity index (χ4n) is 2.95. The van der Waals surface area contributed by atoms with Crippen LogP contribution < -0.4 is 5.32 Å². The Labute approximate surface area is 165 Å². The van der Waals surface area contributed by atoms with E-state index in [0.717, 1.165) is 18.1 Å². The van der Waals surface area contributed by atoms with Gasteiger partial charge < -0.3 is 10.4 Å². The van der Waals surface area contributed by atoms with E-state index < -0.39 is 39.2 Å². The molecule has 2 N–H and O–H groups in total. The molecule has 0 aliphatic heterocycles. The first-order valence-corrected chi connectivity index (χ1v) is 10.7. The van der Waals surface area contributed by atoms with Crippen LogP contribution in [0, 0.1) is 12.8 Å². The molecule has 0 aliphatic carbocycles. The number of halogens is 1. The summed E-state index contributed by atoms with van der Waals surface area (Å²) in [5.41, 5.74) is -0.894. The zero-order chi connectivity index (χ0) is 20.9. The van der Waals surface area contributed by atoms with Crippen LogP contribution >= 0.6 is 0 Å². The molecule has 3 atom stereocenters. The molecule has 28 heavy (non-hydrogen) atoms. The Morgan fingerprint density at radius 2 is 1.71 bits per heavy atom. The van der Waals surface area contributed by atoms with Gasteiger partial charge in [-0.1, -0.05) is 48.0 Å². The van der Waals surface area contributed by atoms with Crippen LogP contribution in [-0.2, 0) is 21.2 Å². The molecule has 2 rings (SSSR count). The average molecular weight is 408 g/mol. The van der Waals surface area contributed by atoms with Gasteiger partial charge in [0.25, 0.3) is 5.91 Å². The molecule has 0 radical (unpaired) electrons. The van der Waals surface area contributed by atoms with Gasteiger partial charge >= 0.3 is 0 Å². The summed E-state index contributed by atoms with van der Waals surface area (Å²) in [7, 11) is -3.89. The van der Waals surface area contributed by atoms with Crippen LogP contribution in [0.5, 0.6) is 0 Å². The number of aliphatic hydroxyl groups is 1. The second-order valence-corrected chi connectivity index (χ2v) is 9.22. The molecule has 152 valence electrons. The Balaban J connectivity index is 2.18. The summed E-state index contributed by atoms with van der Waals surface area (Å²) in [5.74, 6) is -3.06. The van der Waals surface area contributed by atoms with Crippen LogP contribution in [0.3, 0.4) is 0 Å². The quantitative estimate of drug-likeness (QED) is 0.705. The highest BCUT2D eigenvalue weighted by molar-refractivity contribution is 7.91. The number of rotatable bonds is 8. The van der Waals surface area contributed by atoms with Crippen molar-refractivity contribution in [2.75, 3.05) is 5.75 Å². The molecular weight excluding hydrogens is 381 g/mol. The fourth-order valence-corrected chi connectivity index (χ4v) is 4.75. The molecule has 0 saturated heterocycles. The highest BCUT2D eigenvalue weighted by Crippen LogP contribution is 2.29. The van der Waals surface area contributed by atoms with Crippen LogP contribution in [0.1, 0.15) is 25.0 Å². The highest BCUT2D eigenvalue weighted by atomic mass is 32.2. The number of hydrogen-bond acceptors (Lipinski definition) is 4. The molecule has 0 aliphatic rings. The van der Waals surface area contributed by atoms with Crippen molar-refractivity contribution in [2.45, 2.75) is 44.0 Å². The van der Waals surface area contributed by atoms with E-state index in [0.29, 0.717) is 0 Å². The van der Waals surface area contributed by atoms with E-state index in [4.69, 9.17) is 0 Å². The van der Waals surface area contributed by atoms with Crippen LogP contribution in [0.4, 0.5) is 4.39 Å². The molecule has 1 amide bonds. The smallest absolute Gasteiger partial charge is 0.258 e. The van der Waals surface area contributed by atoms with Crippen molar-refractivity contribution in [1.82, 2.24) is 5.32 Å². The Hall–Kier alpha value is -2.25. The van der Waals surface area contributed by atoms with Crippen molar-refractivity contribution in [1.29, 1.82) is 0 Å². The fraction of sp³-hybridized carbons (Fsp3) is 0.381. The zero-order valence-electron chi connectivity index (χ0n) is 16.2. The van der Waals surface area contributed by atoms with E-state index in [1.165, 1.54) is 19.1 Å². The van der Waals surface area contributed by atoms with Gasteiger partial charge in [0, 0.05) is 12.5 Å². The first-order chi connectivity index (χ1) is 13.0. The third kappa shape index (κ3) is 5.39. The predicted octanol–water partition coefficient (Wildman–Crippen LogP) is 2.81. The van der Waals surface area contributed by atoms with Crippen LogP contribution in [0.15, 0.2) is 59.5 Å². The van der Waals surface area contributed by atoms with Gasteiger partial charge in [-0.25, -0.2) is 12.8 Å². The number of aliphatic hydroxyl groups excluding tert-OH is 1. The lowest BCUT2D eigenvalue weighted by atomic mass is 9.87. The number of benzene rings is 2. The number of aryl methyl sites for hydroxylation is 1. The standard InChI is InChI=1S/C21H26FNO4S/c1-15-9-11-18(12-10-15)28(26,27)14-19(16(2)24)21(3,22)20(25)23-13-17-7-5-4-6-8-17/h4-12,16,19,24H,13-14H2,1-3H3,(H,23,25)/t16-,19+,21+/m0/s1. The van der Waals surface area contributed by atoms with E-state index in [9.17, 15) is 18.3 Å². The van der Waals surface area contributed by atoms with Crippen molar-refractivity contribution in [2.24, 2.45) is 5.92 Å². The van der Waals surface area contributed by atoms with Gasteiger partial charge in [-0.05, 0) is 38.5 Å². The lowest BCUT2D eigenvalue weighted by Crippen LogP contribution is -2.51. The Morgan fingerprint density at radius 3 is 2.25 bits per heavy atom. The number of sulfone groups is 1. The van der Waals surface area contributed by atoms with Crippen LogP contribution in [0.2, 0.25) is 0 Å². The first-order valence-electron chi connectivity index (χ1n) is 9.02. The van der Waals surface area contributed by atoms with E-state index in [-0.39, 0.29) is 11.4 Å². The largest absolute Gasteiger partial charge is 0.393 e. The minimum Gasteiger partial charge on any atom is -0.393 e. The summed E-state index contributed by atoms with van der Waals surface area (Å²) >= 11 is 0. The van der Waals surface area contributed by atoms with E-state index in [1.807, 2.05) is 13.0 Å². The van der Waals surface area contributed by atoms with E-state index >= 15 is 4.39 Å². The number of carbonyl (C=O) groups is 1. The van der Waals surface area contributed by atoms with Gasteiger partial charge in [-0.3, -0.25) is 4.79 Å². The second-order valence-electron chi connectivity index (χ2n) is 7.19. The van der Waals surface area contributed by atoms with E-state index in [2.05, 4.69) is 5.32 Å². The molecule has 0 fully saturated rings. The van der Waals surface area contributed by atoms with Crippen molar-refractivity contribution in [3.05, 3.63) is 65.7 Å². The third-order valence-electron chi connectivity index (χ3n) is 4.80. The van der Waals surface area contributed by atoms with Gasteiger partial charge in [0.1, 0.15) is 0 Å². The van der Waals surface area contributed by atoms with Gasteiger partial charge in [0.05, 0.1) is 16.8 Å². The van der Waals surface area contributed by atoms with Crippen molar-refractivity contribution < 1.29 is 22.7 Å². The molecule has 7 heteroatoms. The number of nitrogens with one attached hydrogen (secondary N) is 1. The normalized spacial score (nSPS) is 16.0. The van der Waals surface area contributed by atoms with Crippen LogP contribution in [-0.4, -0.2) is 37.0 Å². The molecule has 0 saturated carbocycles. The molecule has 2 aromatic carbocycles. The highest BCUT2D eigenvalue weighted by Gasteiger charge is 2.46. The van der Waals surface area contributed by atoms with Crippen molar-refractivity contribution in [3.63, 3.8) is 0 Å². The molecule has 0 unspecified atom stereocenters. The van der Waals surface area contributed by atoms with Crippen molar-refractivity contribution in [3.8, 4) is 0 Å². The van der Waals surface area contributed by atoms with Crippen molar-refractivity contribution >= 4 is 15.7 Å². The van der Waals surface area contributed by atoms with Gasteiger partial charge in [0.2, 0.25) is 0 Å². The summed E-state index contributed by atoms with van der Waals surface area (Å²) in [6, 6.07) is 15.1. The maximum Gasteiger partial charge on any atom is 0.258 e. The monoisotopic (exact) mass is 407 g/mol. The molecular formula is C21H26FNO4S. The summed E-state index contributed by atoms with van der Waals surface area (Å²) in [4.78, 5) is 12.5. The molecule has 2 aromatic rings. The second kappa shape index (κ2) is 8.84. The Kier molecular flexibility index (Phi) is 6.96. The van der Waals surface area contributed by atoms with Crippen LogP contribution in [0.25, 0.3) is 0 Å². The maximum absolute atomic E-state index is 15.4. The molecule has 0 heterocycles. The number of hydrogen-bond donors (Lipinski definition) is 2. The molecule has 0 aromatic heterocycles. The lowest BCUT2D eigenvalue weighted by Gasteiger charge is -2.31. The van der Waals surface area contributed by atoms with Gasteiger partial charge in [0.15, 0.2) is 15.5 Å². The summed E-state index contributed by atoms with van der Waals surface area (Å²) < 4.78 is 40.8. The lowest BCUT2D eigenvalue weighted by molar-refractivity contribution is -0.137. The number of alkyl halides is 1. The first kappa shape index (κ1) is 22.0. The van der Waals surface area contributed by atoms with Gasteiger partial charge in [-0.15, -0.1) is 0 Å². The molecule has 0 spiro atoms. The van der Waals surface area contributed by atoms with E-state index in [1.54, 1.807) is 36.4 Å². The SMILES string of the molecule is Cc1ccc(S(=O)(=O)C[C@H]([C@H](C)O)[C@@](C)(F)C(=O)NCc2ccccc2)cc1. The minimum absolute atomic E-state index is 0.0317. The third-order valence-corrected chi connectivity index (χ3v) is 6.59. The summed E-state index contributed by atoms with van der Waals surface area (Å²) in [5, 5.41) is 12.5. The minimum atomic E-state index is -3.89. The summed E-state index contributed by atoms with van der Waals surface area (Å²) in [6.07, 6.45) is -1.34. The Morgan fingerprint density at radius 1 is 1.14 bits per heavy atom. The predicted molar refractivity (Wildman–Crippen MR) is 106 cm³/mol. The van der Waals surface area contributed by atoms with Gasteiger partial charge in [-0.2, -0.15) is 0 Å². The summed E-state index contributed by atoms with van der Waals surface area (Å²) in [6.45, 7) is 4.23. The number of carbonyl (C=O) groups excluding carboxylic acids is 1. The average Bonchev–Trinajstić information content (AvgIpc) is 2.65. The number of amides is 1. The maximum atomic E-state index is 15.4. The topological polar surface area (TPSA) is 83.5 Å². The zero-order valence-corrected chi connectivity index (χ0v) is 17.0. The Bertz CT molecular complexity index is 894.